The number of para-hydroxylation sites is 1. The Morgan fingerprint density at radius 3 is 2.68 bits per heavy atom. The predicted octanol–water partition coefficient (Wildman–Crippen LogP) is 2.68. The summed E-state index contributed by atoms with van der Waals surface area (Å²) in [6.45, 7) is 3.39. The highest BCUT2D eigenvalue weighted by Gasteiger charge is 2.10. The number of ether oxygens (including phenoxy) is 1. The number of rotatable bonds is 5. The van der Waals surface area contributed by atoms with Crippen LogP contribution in [0.15, 0.2) is 24.3 Å². The molecule has 0 bridgehead atoms. The molecule has 102 valence electrons. The second kappa shape index (κ2) is 6.08. The summed E-state index contributed by atoms with van der Waals surface area (Å²) in [5.41, 5.74) is 3.13. The first kappa shape index (κ1) is 13.9. The Labute approximate surface area is 118 Å². The van der Waals surface area contributed by atoms with E-state index >= 15 is 0 Å². The van der Waals surface area contributed by atoms with E-state index in [0.717, 1.165) is 29.1 Å². The number of hydrogen-bond donors (Lipinski definition) is 1. The Morgan fingerprint density at radius 1 is 1.32 bits per heavy atom. The number of aromatic nitrogens is 2. The van der Waals surface area contributed by atoms with Crippen molar-refractivity contribution in [3.8, 4) is 5.75 Å². The van der Waals surface area contributed by atoms with Gasteiger partial charge in [0.15, 0.2) is 0 Å². The smallest absolute Gasteiger partial charge is 0.131 e. The fourth-order valence-electron chi connectivity index (χ4n) is 2.05. The zero-order chi connectivity index (χ0) is 13.8. The van der Waals surface area contributed by atoms with Crippen LogP contribution in [0, 0.1) is 6.92 Å². The highest BCUT2D eigenvalue weighted by Crippen LogP contribution is 2.20. The molecule has 1 N–H and O–H groups in total. The summed E-state index contributed by atoms with van der Waals surface area (Å²) in [6, 6.07) is 7.97. The van der Waals surface area contributed by atoms with Gasteiger partial charge in [-0.3, -0.25) is 4.68 Å². The van der Waals surface area contributed by atoms with E-state index in [1.165, 1.54) is 0 Å². The predicted molar refractivity (Wildman–Crippen MR) is 76.5 cm³/mol. The van der Waals surface area contributed by atoms with Gasteiger partial charge in [-0.15, -0.1) is 0 Å². The average molecular weight is 280 g/mol. The Bertz CT molecular complexity index is 566. The minimum absolute atomic E-state index is 0.685. The lowest BCUT2D eigenvalue weighted by Crippen LogP contribution is -2.14. The lowest BCUT2D eigenvalue weighted by Gasteiger charge is -2.09. The zero-order valence-electron chi connectivity index (χ0n) is 11.4. The van der Waals surface area contributed by atoms with Crippen LogP contribution in [0.3, 0.4) is 0 Å². The molecule has 0 saturated carbocycles. The molecule has 0 fully saturated rings. The van der Waals surface area contributed by atoms with Crippen LogP contribution in [0.5, 0.6) is 5.75 Å². The van der Waals surface area contributed by atoms with Crippen LogP contribution in [0.1, 0.15) is 16.8 Å². The molecule has 0 spiro atoms. The van der Waals surface area contributed by atoms with Gasteiger partial charge in [0.25, 0.3) is 0 Å². The summed E-state index contributed by atoms with van der Waals surface area (Å²) < 4.78 is 7.01. The summed E-state index contributed by atoms with van der Waals surface area (Å²) in [5.74, 6) is 0.893. The van der Waals surface area contributed by atoms with Crippen LogP contribution < -0.4 is 10.1 Å². The molecule has 0 aliphatic rings. The molecular weight excluding hydrogens is 262 g/mol. The Balaban J connectivity index is 2.00. The van der Waals surface area contributed by atoms with E-state index < -0.39 is 0 Å². The summed E-state index contributed by atoms with van der Waals surface area (Å²) in [6.07, 6.45) is 0. The number of methoxy groups -OCH3 is 1. The second-order valence-corrected chi connectivity index (χ2v) is 4.75. The minimum atomic E-state index is 0.685. The third-order valence-corrected chi connectivity index (χ3v) is 3.55. The summed E-state index contributed by atoms with van der Waals surface area (Å²) in [7, 11) is 3.53. The number of nitrogens with zero attached hydrogens (tertiary/aromatic N) is 2. The van der Waals surface area contributed by atoms with Crippen molar-refractivity contribution in [1.82, 2.24) is 15.1 Å². The van der Waals surface area contributed by atoms with Crippen molar-refractivity contribution < 1.29 is 4.74 Å². The van der Waals surface area contributed by atoms with Crippen molar-refractivity contribution >= 4 is 11.6 Å². The first-order valence-corrected chi connectivity index (χ1v) is 6.52. The average Bonchev–Trinajstić information content (AvgIpc) is 2.65. The first-order valence-electron chi connectivity index (χ1n) is 6.14. The molecule has 0 unspecified atom stereocenters. The molecule has 0 aliphatic heterocycles. The summed E-state index contributed by atoms with van der Waals surface area (Å²) >= 11 is 6.19. The minimum Gasteiger partial charge on any atom is -0.496 e. The molecule has 2 aromatic rings. The van der Waals surface area contributed by atoms with Gasteiger partial charge in [0.1, 0.15) is 10.9 Å². The molecule has 5 heteroatoms. The van der Waals surface area contributed by atoms with Gasteiger partial charge in [-0.05, 0) is 13.0 Å². The van der Waals surface area contributed by atoms with E-state index in [2.05, 4.69) is 10.4 Å². The SMILES string of the molecule is COc1ccccc1CNCc1c(C)nn(C)c1Cl. The number of aryl methyl sites for hydroxylation is 2. The quantitative estimate of drug-likeness (QED) is 0.915. The molecule has 1 aromatic heterocycles. The monoisotopic (exact) mass is 279 g/mol. The van der Waals surface area contributed by atoms with Crippen molar-refractivity contribution in [1.29, 1.82) is 0 Å². The lowest BCUT2D eigenvalue weighted by molar-refractivity contribution is 0.407. The van der Waals surface area contributed by atoms with Crippen molar-refractivity contribution in [3.05, 3.63) is 46.2 Å². The normalized spacial score (nSPS) is 10.7. The third kappa shape index (κ3) is 3.08. The number of nitrogens with one attached hydrogen (secondary N) is 1. The van der Waals surface area contributed by atoms with E-state index in [1.807, 2.05) is 38.2 Å². The molecule has 1 aromatic carbocycles. The Morgan fingerprint density at radius 2 is 2.05 bits per heavy atom. The molecular formula is C14H18ClN3O. The standard InChI is InChI=1S/C14H18ClN3O/c1-10-12(14(15)18(2)17-10)9-16-8-11-6-4-5-7-13(11)19-3/h4-7,16H,8-9H2,1-3H3. The van der Waals surface area contributed by atoms with Crippen LogP contribution >= 0.6 is 11.6 Å². The van der Waals surface area contributed by atoms with Gasteiger partial charge in [-0.25, -0.2) is 0 Å². The van der Waals surface area contributed by atoms with Gasteiger partial charge >= 0.3 is 0 Å². The largest absolute Gasteiger partial charge is 0.496 e. The van der Waals surface area contributed by atoms with Crippen LogP contribution in [0.25, 0.3) is 0 Å². The van der Waals surface area contributed by atoms with Gasteiger partial charge in [0.2, 0.25) is 0 Å². The number of benzene rings is 1. The fourth-order valence-corrected chi connectivity index (χ4v) is 2.29. The van der Waals surface area contributed by atoms with E-state index in [0.29, 0.717) is 11.7 Å². The molecule has 0 saturated heterocycles. The third-order valence-electron chi connectivity index (χ3n) is 3.08. The number of halogens is 1. The lowest BCUT2D eigenvalue weighted by atomic mass is 10.2. The second-order valence-electron chi connectivity index (χ2n) is 4.39. The summed E-state index contributed by atoms with van der Waals surface area (Å²) in [4.78, 5) is 0. The Kier molecular flexibility index (Phi) is 4.45. The van der Waals surface area contributed by atoms with Crippen molar-refractivity contribution in [2.45, 2.75) is 20.0 Å². The molecule has 0 aliphatic carbocycles. The topological polar surface area (TPSA) is 39.1 Å². The van der Waals surface area contributed by atoms with Gasteiger partial charge < -0.3 is 10.1 Å². The van der Waals surface area contributed by atoms with Gasteiger partial charge in [-0.2, -0.15) is 5.10 Å². The Hall–Kier alpha value is -1.52. The highest BCUT2D eigenvalue weighted by atomic mass is 35.5. The van der Waals surface area contributed by atoms with Crippen LogP contribution in [0.4, 0.5) is 0 Å². The molecule has 1 heterocycles. The van der Waals surface area contributed by atoms with Gasteiger partial charge in [0, 0.05) is 31.3 Å². The van der Waals surface area contributed by atoms with Crippen molar-refractivity contribution in [3.63, 3.8) is 0 Å². The maximum absolute atomic E-state index is 6.19. The van der Waals surface area contributed by atoms with E-state index in [1.54, 1.807) is 11.8 Å². The molecule has 0 amide bonds. The maximum atomic E-state index is 6.19. The van der Waals surface area contributed by atoms with E-state index in [-0.39, 0.29) is 0 Å². The zero-order valence-corrected chi connectivity index (χ0v) is 12.2. The fraction of sp³-hybridized carbons (Fsp3) is 0.357. The number of hydrogen-bond acceptors (Lipinski definition) is 3. The molecule has 0 atom stereocenters. The van der Waals surface area contributed by atoms with Crippen molar-refractivity contribution in [2.24, 2.45) is 7.05 Å². The van der Waals surface area contributed by atoms with E-state index in [9.17, 15) is 0 Å². The maximum Gasteiger partial charge on any atom is 0.131 e. The van der Waals surface area contributed by atoms with Crippen LogP contribution in [0.2, 0.25) is 5.15 Å². The van der Waals surface area contributed by atoms with Gasteiger partial charge in [-0.1, -0.05) is 29.8 Å². The molecule has 2 rings (SSSR count). The van der Waals surface area contributed by atoms with E-state index in [4.69, 9.17) is 16.3 Å². The summed E-state index contributed by atoms with van der Waals surface area (Å²) in [5, 5.41) is 8.35. The molecule has 19 heavy (non-hydrogen) atoms. The highest BCUT2D eigenvalue weighted by molar-refractivity contribution is 6.30. The van der Waals surface area contributed by atoms with Gasteiger partial charge in [0.05, 0.1) is 12.8 Å². The van der Waals surface area contributed by atoms with Crippen LogP contribution in [-0.2, 0) is 20.1 Å². The molecule has 0 radical (unpaired) electrons. The first-order chi connectivity index (χ1) is 9.13. The van der Waals surface area contributed by atoms with Crippen LogP contribution in [-0.4, -0.2) is 16.9 Å². The van der Waals surface area contributed by atoms with Crippen molar-refractivity contribution in [2.75, 3.05) is 7.11 Å². The molecule has 4 nitrogen and oxygen atoms in total.